The van der Waals surface area contributed by atoms with Crippen LogP contribution >= 0.6 is 0 Å². The minimum atomic E-state index is -0.680. The Morgan fingerprint density at radius 3 is 2.24 bits per heavy atom. The Labute approximate surface area is 121 Å². The first-order valence-electron chi connectivity index (χ1n) is 7.00. The second-order valence-electron chi connectivity index (χ2n) is 5.88. The summed E-state index contributed by atoms with van der Waals surface area (Å²) in [5.74, 6) is 4.29. The van der Waals surface area contributed by atoms with Crippen molar-refractivity contribution >= 4 is 11.6 Å². The van der Waals surface area contributed by atoms with Gasteiger partial charge in [0.2, 0.25) is 0 Å². The van der Waals surface area contributed by atoms with Crippen molar-refractivity contribution < 1.29 is 19.2 Å². The topological polar surface area (TPSA) is 78.6 Å². The Kier molecular flexibility index (Phi) is 2.58. The van der Waals surface area contributed by atoms with Gasteiger partial charge in [-0.3, -0.25) is 9.59 Å². The summed E-state index contributed by atoms with van der Waals surface area (Å²) in [7, 11) is 0. The van der Waals surface area contributed by atoms with E-state index in [1.165, 1.54) is 0 Å². The zero-order valence-electron chi connectivity index (χ0n) is 11.5. The monoisotopic (exact) mass is 285 g/mol. The van der Waals surface area contributed by atoms with Gasteiger partial charge in [-0.05, 0) is 30.2 Å². The van der Waals surface area contributed by atoms with Crippen molar-refractivity contribution in [2.24, 2.45) is 17.7 Å². The minimum Gasteiger partial charge on any atom is -0.412 e. The normalized spacial score (nSPS) is 36.4. The highest BCUT2D eigenvalue weighted by atomic mass is 16.6. The molecule has 0 radical (unpaired) electrons. The van der Waals surface area contributed by atoms with Gasteiger partial charge in [0.1, 0.15) is 11.7 Å². The van der Waals surface area contributed by atoms with Crippen LogP contribution in [0.25, 0.3) is 0 Å². The first kappa shape index (κ1) is 12.7. The lowest BCUT2D eigenvalue weighted by Gasteiger charge is -2.15. The minimum absolute atomic E-state index is 0.0219. The van der Waals surface area contributed by atoms with Gasteiger partial charge in [0, 0.05) is 0 Å². The first-order valence-corrected chi connectivity index (χ1v) is 7.00. The molecular weight excluding hydrogens is 270 g/mol. The molecule has 2 N–H and O–H groups in total. The van der Waals surface area contributed by atoms with E-state index in [4.69, 9.17) is 10.6 Å². The summed E-state index contributed by atoms with van der Waals surface area (Å²) < 4.78 is 5.64. The summed E-state index contributed by atoms with van der Waals surface area (Å²) in [6.07, 6.45) is 3.34. The standard InChI is InChI=1S/C16H15NO4/c1-7-6-8(21-17)2-3-9(7)12-15(18)13-10-4-5-11(20-10)14(13)16(12)19/h2-6,10-14H,17H2,1H3. The van der Waals surface area contributed by atoms with E-state index in [2.05, 4.69) is 4.84 Å². The third-order valence-corrected chi connectivity index (χ3v) is 4.81. The number of hydrogen-bond donors (Lipinski definition) is 1. The number of rotatable bonds is 2. The second kappa shape index (κ2) is 4.26. The van der Waals surface area contributed by atoms with Crippen LogP contribution in [0.4, 0.5) is 0 Å². The number of ether oxygens (including phenoxy) is 1. The fraction of sp³-hybridized carbons (Fsp3) is 0.375. The SMILES string of the molecule is Cc1cc(ON)ccc1C1C(=O)C2C3C=CC(O3)C2C1=O. The van der Waals surface area contributed by atoms with Gasteiger partial charge >= 0.3 is 0 Å². The van der Waals surface area contributed by atoms with Gasteiger partial charge in [-0.2, -0.15) is 5.90 Å². The summed E-state index contributed by atoms with van der Waals surface area (Å²) in [6, 6.07) is 5.18. The van der Waals surface area contributed by atoms with E-state index >= 15 is 0 Å². The van der Waals surface area contributed by atoms with Gasteiger partial charge in [-0.15, -0.1) is 0 Å². The number of carbonyl (C=O) groups excluding carboxylic acids is 2. The van der Waals surface area contributed by atoms with Crippen molar-refractivity contribution in [1.82, 2.24) is 0 Å². The molecule has 0 amide bonds. The van der Waals surface area contributed by atoms with Crippen LogP contribution < -0.4 is 10.7 Å². The molecule has 5 heteroatoms. The molecule has 5 nitrogen and oxygen atoms in total. The highest BCUT2D eigenvalue weighted by Crippen LogP contribution is 2.50. The number of nitrogens with two attached hydrogens (primary N) is 1. The Balaban J connectivity index is 1.74. The number of carbonyl (C=O) groups is 2. The van der Waals surface area contributed by atoms with Crippen LogP contribution in [0.1, 0.15) is 17.0 Å². The largest absolute Gasteiger partial charge is 0.412 e. The number of Topliss-reactive ketones (excluding diaryl/α,β-unsaturated/α-hetero) is 2. The van der Waals surface area contributed by atoms with Gasteiger partial charge < -0.3 is 9.57 Å². The quantitative estimate of drug-likeness (QED) is 0.499. The van der Waals surface area contributed by atoms with Crippen molar-refractivity contribution in [1.29, 1.82) is 0 Å². The fourth-order valence-electron chi connectivity index (χ4n) is 3.86. The van der Waals surface area contributed by atoms with Crippen LogP contribution in [-0.4, -0.2) is 23.8 Å². The summed E-state index contributed by atoms with van der Waals surface area (Å²) in [5.41, 5.74) is 1.59. The average Bonchev–Trinajstić information content (AvgIpc) is 3.14. The summed E-state index contributed by atoms with van der Waals surface area (Å²) >= 11 is 0. The Hall–Kier alpha value is -1.98. The predicted octanol–water partition coefficient (Wildman–Crippen LogP) is 1.05. The Bertz CT molecular complexity index is 651. The molecule has 4 atom stereocenters. The summed E-state index contributed by atoms with van der Waals surface area (Å²) in [5, 5.41) is 0. The molecule has 2 fully saturated rings. The zero-order chi connectivity index (χ0) is 14.7. The molecule has 4 rings (SSSR count). The molecule has 0 spiro atoms. The number of ketones is 2. The third kappa shape index (κ3) is 1.58. The molecule has 2 heterocycles. The lowest BCUT2D eigenvalue weighted by molar-refractivity contribution is -0.127. The molecule has 1 saturated carbocycles. The molecule has 1 aliphatic carbocycles. The highest BCUT2D eigenvalue weighted by Gasteiger charge is 2.61. The van der Waals surface area contributed by atoms with Crippen LogP contribution in [0, 0.1) is 18.8 Å². The maximum absolute atomic E-state index is 12.7. The number of fused-ring (bicyclic) bond motifs is 5. The number of hydrogen-bond acceptors (Lipinski definition) is 5. The van der Waals surface area contributed by atoms with Crippen molar-refractivity contribution in [2.75, 3.05) is 0 Å². The van der Waals surface area contributed by atoms with E-state index in [1.807, 2.05) is 19.1 Å². The molecule has 4 unspecified atom stereocenters. The van der Waals surface area contributed by atoms with Gasteiger partial charge in [0.15, 0.2) is 11.6 Å². The fourth-order valence-corrected chi connectivity index (χ4v) is 3.86. The van der Waals surface area contributed by atoms with Crippen molar-refractivity contribution in [3.63, 3.8) is 0 Å². The average molecular weight is 285 g/mol. The van der Waals surface area contributed by atoms with Crippen molar-refractivity contribution in [2.45, 2.75) is 25.0 Å². The lowest BCUT2D eigenvalue weighted by Crippen LogP contribution is -2.26. The Morgan fingerprint density at radius 1 is 1.10 bits per heavy atom. The van der Waals surface area contributed by atoms with E-state index in [1.54, 1.807) is 18.2 Å². The van der Waals surface area contributed by atoms with Crippen LogP contribution in [-0.2, 0) is 14.3 Å². The molecule has 0 aromatic heterocycles. The molecule has 3 aliphatic rings. The smallest absolute Gasteiger partial charge is 0.154 e. The van der Waals surface area contributed by atoms with E-state index < -0.39 is 5.92 Å². The van der Waals surface area contributed by atoms with Gasteiger partial charge in [0.25, 0.3) is 0 Å². The third-order valence-electron chi connectivity index (χ3n) is 4.81. The highest BCUT2D eigenvalue weighted by molar-refractivity contribution is 6.17. The molecule has 21 heavy (non-hydrogen) atoms. The van der Waals surface area contributed by atoms with Crippen molar-refractivity contribution in [3.05, 3.63) is 41.5 Å². The van der Waals surface area contributed by atoms with Crippen LogP contribution in [0.2, 0.25) is 0 Å². The zero-order valence-corrected chi connectivity index (χ0v) is 11.5. The maximum atomic E-state index is 12.7. The molecule has 1 aromatic rings. The van der Waals surface area contributed by atoms with Crippen LogP contribution in [0.3, 0.4) is 0 Å². The Morgan fingerprint density at radius 2 is 1.71 bits per heavy atom. The number of aryl methyl sites for hydroxylation is 1. The maximum Gasteiger partial charge on any atom is 0.154 e. The molecule has 1 saturated heterocycles. The van der Waals surface area contributed by atoms with E-state index in [0.717, 1.165) is 11.1 Å². The van der Waals surface area contributed by atoms with Crippen LogP contribution in [0.15, 0.2) is 30.4 Å². The molecule has 2 bridgehead atoms. The molecule has 108 valence electrons. The second-order valence-corrected chi connectivity index (χ2v) is 5.88. The van der Waals surface area contributed by atoms with Crippen molar-refractivity contribution in [3.8, 4) is 5.75 Å². The van der Waals surface area contributed by atoms with Gasteiger partial charge in [-0.25, -0.2) is 0 Å². The molecule has 2 aliphatic heterocycles. The summed E-state index contributed by atoms with van der Waals surface area (Å²) in [6.45, 7) is 1.86. The van der Waals surface area contributed by atoms with Crippen LogP contribution in [0.5, 0.6) is 5.75 Å². The van der Waals surface area contributed by atoms with E-state index in [9.17, 15) is 9.59 Å². The molecule has 1 aromatic carbocycles. The van der Waals surface area contributed by atoms with E-state index in [-0.39, 0.29) is 35.6 Å². The van der Waals surface area contributed by atoms with Gasteiger partial charge in [0.05, 0.1) is 24.0 Å². The molecular formula is C16H15NO4. The van der Waals surface area contributed by atoms with Gasteiger partial charge in [-0.1, -0.05) is 18.2 Å². The summed E-state index contributed by atoms with van der Waals surface area (Å²) in [4.78, 5) is 30.1. The van der Waals surface area contributed by atoms with E-state index in [0.29, 0.717) is 5.75 Å². The lowest BCUT2D eigenvalue weighted by atomic mass is 9.85. The number of benzene rings is 1. The predicted molar refractivity (Wildman–Crippen MR) is 73.5 cm³/mol. The first-order chi connectivity index (χ1) is 10.1.